The first-order valence-electron chi connectivity index (χ1n) is 8.07. The molecule has 6 heteroatoms. The van der Waals surface area contributed by atoms with Crippen LogP contribution in [0, 0.1) is 0 Å². The fourth-order valence-electron chi connectivity index (χ4n) is 2.57. The Morgan fingerprint density at radius 2 is 1.32 bits per heavy atom. The molecule has 0 heterocycles. The van der Waals surface area contributed by atoms with Crippen LogP contribution < -0.4 is 0 Å². The fourth-order valence-corrected chi connectivity index (χ4v) is 3.51. The zero-order chi connectivity index (χ0) is 18.1. The van der Waals surface area contributed by atoms with Crippen molar-refractivity contribution in [3.05, 3.63) is 71.8 Å². The summed E-state index contributed by atoms with van der Waals surface area (Å²) in [6.07, 6.45) is -0.222. The molecule has 0 spiro atoms. The van der Waals surface area contributed by atoms with Crippen LogP contribution in [0.25, 0.3) is 0 Å². The van der Waals surface area contributed by atoms with Crippen molar-refractivity contribution < 1.29 is 18.4 Å². The zero-order valence-corrected chi connectivity index (χ0v) is 15.5. The minimum Gasteiger partial charge on any atom is -0.312 e. The maximum Gasteiger partial charge on any atom is 0.337 e. The molecule has 2 rings (SSSR count). The molecule has 2 aromatic carbocycles. The third-order valence-electron chi connectivity index (χ3n) is 3.82. The standard InChI is InChI=1S/C19H24NO4P/c1-23-25(22,24-2)16-19(21)15-20(13-17-9-5-3-6-10-17)14-18-11-7-4-8-12-18/h3-12H,13-16H2,1-2H3. The molecule has 134 valence electrons. The minimum atomic E-state index is -3.33. The Hall–Kier alpha value is -1.78. The van der Waals surface area contributed by atoms with E-state index < -0.39 is 7.60 Å². The number of carbonyl (C=O) groups is 1. The second kappa shape index (κ2) is 9.64. The molecule has 0 bridgehead atoms. The first kappa shape index (κ1) is 19.5. The SMILES string of the molecule is COP(=O)(CC(=O)CN(Cc1ccccc1)Cc1ccccc1)OC. The second-order valence-electron chi connectivity index (χ2n) is 5.79. The van der Waals surface area contributed by atoms with Gasteiger partial charge in [-0.1, -0.05) is 60.7 Å². The molecule has 0 fully saturated rings. The van der Waals surface area contributed by atoms with Crippen molar-refractivity contribution in [1.82, 2.24) is 4.90 Å². The Morgan fingerprint density at radius 3 is 1.72 bits per heavy atom. The summed E-state index contributed by atoms with van der Waals surface area (Å²) in [4.78, 5) is 14.4. The molecule has 0 aliphatic heterocycles. The molecule has 0 aromatic heterocycles. The van der Waals surface area contributed by atoms with Gasteiger partial charge in [0.15, 0.2) is 5.78 Å². The molecule has 0 atom stereocenters. The first-order chi connectivity index (χ1) is 12.0. The zero-order valence-electron chi connectivity index (χ0n) is 14.6. The van der Waals surface area contributed by atoms with E-state index in [0.29, 0.717) is 13.1 Å². The maximum absolute atomic E-state index is 12.4. The average molecular weight is 361 g/mol. The van der Waals surface area contributed by atoms with Crippen molar-refractivity contribution in [2.75, 3.05) is 26.9 Å². The number of nitrogens with zero attached hydrogens (tertiary/aromatic N) is 1. The quantitative estimate of drug-likeness (QED) is 0.604. The highest BCUT2D eigenvalue weighted by atomic mass is 31.2. The molecular formula is C19H24NO4P. The van der Waals surface area contributed by atoms with Gasteiger partial charge in [0.25, 0.3) is 0 Å². The summed E-state index contributed by atoms with van der Waals surface area (Å²) in [5, 5.41) is 0. The molecule has 25 heavy (non-hydrogen) atoms. The third kappa shape index (κ3) is 6.56. The van der Waals surface area contributed by atoms with Crippen molar-refractivity contribution >= 4 is 13.4 Å². The van der Waals surface area contributed by atoms with Crippen LogP contribution in [0.5, 0.6) is 0 Å². The maximum atomic E-state index is 12.4. The van der Waals surface area contributed by atoms with E-state index in [1.165, 1.54) is 14.2 Å². The summed E-state index contributed by atoms with van der Waals surface area (Å²) in [5.74, 6) is -0.168. The fraction of sp³-hybridized carbons (Fsp3) is 0.316. The van der Waals surface area contributed by atoms with Crippen LogP contribution in [-0.2, 0) is 31.5 Å². The lowest BCUT2D eigenvalue weighted by Gasteiger charge is -2.23. The average Bonchev–Trinajstić information content (AvgIpc) is 2.63. The van der Waals surface area contributed by atoms with E-state index in [0.717, 1.165) is 11.1 Å². The van der Waals surface area contributed by atoms with E-state index in [4.69, 9.17) is 9.05 Å². The number of rotatable bonds is 10. The van der Waals surface area contributed by atoms with Gasteiger partial charge >= 0.3 is 7.60 Å². The van der Waals surface area contributed by atoms with Crippen LogP contribution in [-0.4, -0.2) is 37.6 Å². The molecule has 5 nitrogen and oxygen atoms in total. The highest BCUT2D eigenvalue weighted by molar-refractivity contribution is 7.54. The Bertz CT molecular complexity index is 656. The lowest BCUT2D eigenvalue weighted by atomic mass is 10.1. The van der Waals surface area contributed by atoms with Crippen molar-refractivity contribution in [3.8, 4) is 0 Å². The molecule has 0 unspecified atom stereocenters. The van der Waals surface area contributed by atoms with Gasteiger partial charge in [-0.15, -0.1) is 0 Å². The van der Waals surface area contributed by atoms with Crippen LogP contribution in [0.3, 0.4) is 0 Å². The number of Topliss-reactive ketones (excluding diaryl/α,β-unsaturated/α-hetero) is 1. The Morgan fingerprint density at radius 1 is 0.880 bits per heavy atom. The van der Waals surface area contributed by atoms with Gasteiger partial charge in [-0.2, -0.15) is 0 Å². The van der Waals surface area contributed by atoms with Gasteiger partial charge in [0.2, 0.25) is 0 Å². The summed E-state index contributed by atoms with van der Waals surface area (Å²) in [6, 6.07) is 19.9. The Balaban J connectivity index is 2.08. The monoisotopic (exact) mass is 361 g/mol. The number of hydrogen-bond acceptors (Lipinski definition) is 5. The highest BCUT2D eigenvalue weighted by Gasteiger charge is 2.26. The summed E-state index contributed by atoms with van der Waals surface area (Å²) in [5.41, 5.74) is 2.24. The second-order valence-corrected chi connectivity index (χ2v) is 8.06. The van der Waals surface area contributed by atoms with Crippen LogP contribution in [0.15, 0.2) is 60.7 Å². The minimum absolute atomic E-state index is 0.168. The number of benzene rings is 2. The summed E-state index contributed by atoms with van der Waals surface area (Å²) >= 11 is 0. The van der Waals surface area contributed by atoms with Gasteiger partial charge in [-0.05, 0) is 11.1 Å². The van der Waals surface area contributed by atoms with Gasteiger partial charge in [0, 0.05) is 27.3 Å². The van der Waals surface area contributed by atoms with E-state index >= 15 is 0 Å². The molecule has 0 amide bonds. The topological polar surface area (TPSA) is 55.8 Å². The summed E-state index contributed by atoms with van der Waals surface area (Å²) in [6.45, 7) is 1.44. The van der Waals surface area contributed by atoms with Gasteiger partial charge in [0.05, 0.1) is 6.54 Å². The predicted octanol–water partition coefficient (Wildman–Crippen LogP) is 3.74. The number of ketones is 1. The molecule has 0 aliphatic carbocycles. The van der Waals surface area contributed by atoms with Crippen LogP contribution in [0.1, 0.15) is 11.1 Å². The van der Waals surface area contributed by atoms with Crippen molar-refractivity contribution in [3.63, 3.8) is 0 Å². The van der Waals surface area contributed by atoms with Gasteiger partial charge in [0.1, 0.15) is 6.16 Å². The predicted molar refractivity (Wildman–Crippen MR) is 98.5 cm³/mol. The molecule has 0 aliphatic rings. The molecule has 0 saturated carbocycles. The summed E-state index contributed by atoms with van der Waals surface area (Å²) in [7, 11) is -0.745. The molecule has 0 radical (unpaired) electrons. The van der Waals surface area contributed by atoms with Crippen LogP contribution in [0.2, 0.25) is 0 Å². The molecule has 0 saturated heterocycles. The largest absolute Gasteiger partial charge is 0.337 e. The third-order valence-corrected chi connectivity index (χ3v) is 5.68. The summed E-state index contributed by atoms with van der Waals surface area (Å²) < 4.78 is 21.9. The van der Waals surface area contributed by atoms with Crippen molar-refractivity contribution in [2.45, 2.75) is 13.1 Å². The Kier molecular flexibility index (Phi) is 7.53. The van der Waals surface area contributed by atoms with Crippen molar-refractivity contribution in [1.29, 1.82) is 0 Å². The number of hydrogen-bond donors (Lipinski definition) is 0. The molecule has 0 N–H and O–H groups in total. The van der Waals surface area contributed by atoms with Gasteiger partial charge in [-0.25, -0.2) is 0 Å². The smallest absolute Gasteiger partial charge is 0.312 e. The lowest BCUT2D eigenvalue weighted by Crippen LogP contribution is -2.30. The first-order valence-corrected chi connectivity index (χ1v) is 9.80. The van der Waals surface area contributed by atoms with E-state index in [1.807, 2.05) is 65.6 Å². The number of carbonyl (C=O) groups excluding carboxylic acids is 1. The van der Waals surface area contributed by atoms with E-state index in [9.17, 15) is 9.36 Å². The van der Waals surface area contributed by atoms with Gasteiger partial charge in [-0.3, -0.25) is 14.3 Å². The molecule has 2 aromatic rings. The van der Waals surface area contributed by atoms with Crippen LogP contribution in [0.4, 0.5) is 0 Å². The van der Waals surface area contributed by atoms with Gasteiger partial charge < -0.3 is 9.05 Å². The van der Waals surface area contributed by atoms with Crippen LogP contribution >= 0.6 is 7.60 Å². The van der Waals surface area contributed by atoms with E-state index in [1.54, 1.807) is 0 Å². The van der Waals surface area contributed by atoms with E-state index in [2.05, 4.69) is 0 Å². The van der Waals surface area contributed by atoms with E-state index in [-0.39, 0.29) is 18.5 Å². The van der Waals surface area contributed by atoms with Crippen molar-refractivity contribution in [2.24, 2.45) is 0 Å². The molecular weight excluding hydrogens is 337 g/mol. The lowest BCUT2D eigenvalue weighted by molar-refractivity contribution is -0.118. The highest BCUT2D eigenvalue weighted by Crippen LogP contribution is 2.46. The Labute approximate surface area is 149 Å². The normalized spacial score (nSPS) is 11.6.